The van der Waals surface area contributed by atoms with E-state index in [1.165, 1.54) is 0 Å². The van der Waals surface area contributed by atoms with Gasteiger partial charge in [0.2, 0.25) is 0 Å². The molecule has 1 aliphatic rings. The molecule has 4 rings (SSSR count). The fourth-order valence-corrected chi connectivity index (χ4v) is 4.05. The average molecular weight is 368 g/mol. The molecular formula is C23H19F3O. The lowest BCUT2D eigenvalue weighted by atomic mass is 9.80. The molecule has 27 heavy (non-hydrogen) atoms. The quantitative estimate of drug-likeness (QED) is 0.503. The first-order valence-electron chi connectivity index (χ1n) is 8.81. The zero-order valence-electron chi connectivity index (χ0n) is 15.1. The molecule has 138 valence electrons. The molecule has 3 aromatic carbocycles. The van der Waals surface area contributed by atoms with Gasteiger partial charge in [-0.2, -0.15) is 13.2 Å². The first-order chi connectivity index (χ1) is 12.8. The SMILES string of the molecule is Cc1c(-c2ccccc2)cc2c(c1C(F)(F)F)C(C)(c1ccccc1)OC2. The molecule has 1 atom stereocenters. The van der Waals surface area contributed by atoms with Crippen molar-refractivity contribution in [2.75, 3.05) is 0 Å². The van der Waals surface area contributed by atoms with E-state index in [-0.39, 0.29) is 17.7 Å². The molecule has 4 heteroatoms. The van der Waals surface area contributed by atoms with Crippen molar-refractivity contribution < 1.29 is 17.9 Å². The van der Waals surface area contributed by atoms with Crippen molar-refractivity contribution in [3.63, 3.8) is 0 Å². The third-order valence-electron chi connectivity index (χ3n) is 5.36. The third kappa shape index (κ3) is 2.85. The van der Waals surface area contributed by atoms with Crippen LogP contribution in [-0.4, -0.2) is 0 Å². The van der Waals surface area contributed by atoms with E-state index < -0.39 is 17.3 Å². The number of benzene rings is 3. The number of hydrogen-bond donors (Lipinski definition) is 0. The smallest absolute Gasteiger partial charge is 0.361 e. The van der Waals surface area contributed by atoms with Crippen LogP contribution in [0.15, 0.2) is 66.7 Å². The summed E-state index contributed by atoms with van der Waals surface area (Å²) in [5, 5.41) is 0. The molecule has 0 saturated heterocycles. The summed E-state index contributed by atoms with van der Waals surface area (Å²) in [4.78, 5) is 0. The van der Waals surface area contributed by atoms with E-state index in [9.17, 15) is 13.2 Å². The van der Waals surface area contributed by atoms with Gasteiger partial charge in [0.05, 0.1) is 12.2 Å². The van der Waals surface area contributed by atoms with Gasteiger partial charge in [0.15, 0.2) is 0 Å². The van der Waals surface area contributed by atoms with Crippen LogP contribution in [0.25, 0.3) is 11.1 Å². The monoisotopic (exact) mass is 368 g/mol. The van der Waals surface area contributed by atoms with Crippen LogP contribution in [0.4, 0.5) is 13.2 Å². The van der Waals surface area contributed by atoms with Crippen LogP contribution in [-0.2, 0) is 23.1 Å². The maximum absolute atomic E-state index is 14.2. The van der Waals surface area contributed by atoms with Gasteiger partial charge in [-0.15, -0.1) is 0 Å². The van der Waals surface area contributed by atoms with Crippen molar-refractivity contribution >= 4 is 0 Å². The summed E-state index contributed by atoms with van der Waals surface area (Å²) in [6.45, 7) is 3.43. The van der Waals surface area contributed by atoms with Crippen LogP contribution in [0.3, 0.4) is 0 Å². The predicted octanol–water partition coefficient (Wildman–Crippen LogP) is 6.47. The Kier molecular flexibility index (Phi) is 4.11. The summed E-state index contributed by atoms with van der Waals surface area (Å²) in [6.07, 6.45) is -4.47. The van der Waals surface area contributed by atoms with Crippen LogP contribution in [0.2, 0.25) is 0 Å². The summed E-state index contributed by atoms with van der Waals surface area (Å²) in [7, 11) is 0. The maximum Gasteiger partial charge on any atom is 0.417 e. The summed E-state index contributed by atoms with van der Waals surface area (Å²) in [5.41, 5.74) is 1.46. The van der Waals surface area contributed by atoms with Gasteiger partial charge in [0.25, 0.3) is 0 Å². The number of fused-ring (bicyclic) bond motifs is 1. The molecule has 0 fully saturated rings. The Labute approximate surface area is 156 Å². The highest BCUT2D eigenvalue weighted by Crippen LogP contribution is 2.50. The van der Waals surface area contributed by atoms with E-state index in [1.54, 1.807) is 13.8 Å². The van der Waals surface area contributed by atoms with Crippen LogP contribution >= 0.6 is 0 Å². The standard InChI is InChI=1S/C23H19F3O/c1-15-19(16-9-5-3-6-10-16)13-17-14-27-22(2,18-11-7-4-8-12-18)21(17)20(15)23(24,25)26/h3-13H,14H2,1-2H3. The Bertz CT molecular complexity index is 978. The summed E-state index contributed by atoms with van der Waals surface area (Å²) >= 11 is 0. The highest BCUT2D eigenvalue weighted by Gasteiger charge is 2.47. The third-order valence-corrected chi connectivity index (χ3v) is 5.36. The molecule has 1 aliphatic heterocycles. The first kappa shape index (κ1) is 17.8. The Morgan fingerprint density at radius 1 is 0.926 bits per heavy atom. The van der Waals surface area contributed by atoms with Crippen molar-refractivity contribution in [3.05, 3.63) is 94.5 Å². The van der Waals surface area contributed by atoms with Crippen molar-refractivity contribution in [2.45, 2.75) is 32.2 Å². The minimum Gasteiger partial charge on any atom is -0.361 e. The van der Waals surface area contributed by atoms with Crippen molar-refractivity contribution in [2.24, 2.45) is 0 Å². The minimum atomic E-state index is -4.47. The van der Waals surface area contributed by atoms with E-state index in [0.717, 1.165) is 11.1 Å². The zero-order chi connectivity index (χ0) is 19.2. The topological polar surface area (TPSA) is 9.23 Å². The summed E-state index contributed by atoms with van der Waals surface area (Å²) < 4.78 is 48.6. The lowest BCUT2D eigenvalue weighted by Gasteiger charge is -2.29. The molecule has 1 unspecified atom stereocenters. The van der Waals surface area contributed by atoms with E-state index in [1.807, 2.05) is 66.7 Å². The highest BCUT2D eigenvalue weighted by atomic mass is 19.4. The van der Waals surface area contributed by atoms with Gasteiger partial charge in [0, 0.05) is 5.56 Å². The molecule has 0 saturated carbocycles. The second-order valence-electron chi connectivity index (χ2n) is 7.01. The van der Waals surface area contributed by atoms with Crippen LogP contribution < -0.4 is 0 Å². The number of hydrogen-bond acceptors (Lipinski definition) is 1. The van der Waals surface area contributed by atoms with E-state index in [4.69, 9.17) is 4.74 Å². The number of rotatable bonds is 2. The predicted molar refractivity (Wildman–Crippen MR) is 99.3 cm³/mol. The Balaban J connectivity index is 2.02. The molecule has 3 aromatic rings. The second kappa shape index (κ2) is 6.24. The fourth-order valence-electron chi connectivity index (χ4n) is 4.05. The Morgan fingerprint density at radius 2 is 1.52 bits per heavy atom. The van der Waals surface area contributed by atoms with Crippen molar-refractivity contribution in [1.82, 2.24) is 0 Å². The van der Waals surface area contributed by atoms with Gasteiger partial charge >= 0.3 is 6.18 Å². The van der Waals surface area contributed by atoms with Crippen LogP contribution in [0, 0.1) is 6.92 Å². The summed E-state index contributed by atoms with van der Waals surface area (Å²) in [5.74, 6) is 0. The Morgan fingerprint density at radius 3 is 2.11 bits per heavy atom. The number of halogens is 3. The molecule has 0 aliphatic carbocycles. The molecule has 0 N–H and O–H groups in total. The highest BCUT2D eigenvalue weighted by molar-refractivity contribution is 5.72. The Hall–Kier alpha value is -2.59. The normalized spacial score (nSPS) is 19.1. The van der Waals surface area contributed by atoms with Gasteiger partial charge < -0.3 is 4.74 Å². The minimum absolute atomic E-state index is 0.157. The molecule has 0 amide bonds. The van der Waals surface area contributed by atoms with Gasteiger partial charge in [-0.25, -0.2) is 0 Å². The van der Waals surface area contributed by atoms with Gasteiger partial charge in [-0.05, 0) is 47.7 Å². The maximum atomic E-state index is 14.2. The average Bonchev–Trinajstić information content (AvgIpc) is 2.99. The molecule has 0 radical (unpaired) electrons. The van der Waals surface area contributed by atoms with Crippen LogP contribution in [0.5, 0.6) is 0 Å². The second-order valence-corrected chi connectivity index (χ2v) is 7.01. The molecular weight excluding hydrogens is 349 g/mol. The van der Waals surface area contributed by atoms with Gasteiger partial charge in [0.1, 0.15) is 5.60 Å². The van der Waals surface area contributed by atoms with E-state index >= 15 is 0 Å². The number of ether oxygens (including phenoxy) is 1. The van der Waals surface area contributed by atoms with Crippen molar-refractivity contribution in [1.29, 1.82) is 0 Å². The van der Waals surface area contributed by atoms with E-state index in [2.05, 4.69) is 0 Å². The van der Waals surface area contributed by atoms with Crippen molar-refractivity contribution in [3.8, 4) is 11.1 Å². The largest absolute Gasteiger partial charge is 0.417 e. The fraction of sp³-hybridized carbons (Fsp3) is 0.217. The molecule has 1 heterocycles. The first-order valence-corrected chi connectivity index (χ1v) is 8.81. The lowest BCUT2D eigenvalue weighted by molar-refractivity contribution is -0.140. The molecule has 0 bridgehead atoms. The zero-order valence-corrected chi connectivity index (χ0v) is 15.1. The van der Waals surface area contributed by atoms with Gasteiger partial charge in [-0.3, -0.25) is 0 Å². The number of alkyl halides is 3. The molecule has 1 nitrogen and oxygen atoms in total. The summed E-state index contributed by atoms with van der Waals surface area (Å²) in [6, 6.07) is 20.2. The van der Waals surface area contributed by atoms with Gasteiger partial charge in [-0.1, -0.05) is 60.7 Å². The van der Waals surface area contributed by atoms with Crippen LogP contribution in [0.1, 0.15) is 34.7 Å². The molecule has 0 spiro atoms. The van der Waals surface area contributed by atoms with E-state index in [0.29, 0.717) is 11.1 Å². The lowest BCUT2D eigenvalue weighted by Crippen LogP contribution is -2.27. The molecule has 0 aromatic heterocycles.